The molecule has 1 aliphatic rings. The molecule has 0 saturated carbocycles. The molecule has 1 aliphatic heterocycles. The van der Waals surface area contributed by atoms with E-state index in [0.717, 1.165) is 43.6 Å². The van der Waals surface area contributed by atoms with Gasteiger partial charge in [-0.05, 0) is 13.8 Å². The first kappa shape index (κ1) is 14.2. The van der Waals surface area contributed by atoms with Crippen LogP contribution in [-0.4, -0.2) is 48.4 Å². The second-order valence-electron chi connectivity index (χ2n) is 5.40. The molecule has 0 amide bonds. The molecule has 0 spiro atoms. The van der Waals surface area contributed by atoms with Gasteiger partial charge in [-0.1, -0.05) is 13.8 Å². The second-order valence-corrected chi connectivity index (χ2v) is 5.40. The van der Waals surface area contributed by atoms with Gasteiger partial charge < -0.3 is 15.0 Å². The van der Waals surface area contributed by atoms with Crippen LogP contribution in [-0.2, 0) is 4.74 Å². The lowest BCUT2D eigenvalue weighted by Gasteiger charge is -2.37. The van der Waals surface area contributed by atoms with E-state index < -0.39 is 0 Å². The summed E-state index contributed by atoms with van der Waals surface area (Å²) in [6, 6.07) is 2.88. The molecule has 5 nitrogen and oxygen atoms in total. The molecule has 106 valence electrons. The van der Waals surface area contributed by atoms with E-state index in [4.69, 9.17) is 4.74 Å². The molecule has 1 aromatic rings. The topological polar surface area (TPSA) is 50.3 Å². The molecule has 0 bridgehead atoms. The Morgan fingerprint density at radius 2 is 2.21 bits per heavy atom. The molecule has 1 fully saturated rings. The van der Waals surface area contributed by atoms with Crippen molar-refractivity contribution >= 4 is 5.82 Å². The summed E-state index contributed by atoms with van der Waals surface area (Å²) in [7, 11) is 0. The van der Waals surface area contributed by atoms with Gasteiger partial charge in [0.1, 0.15) is 11.6 Å². The van der Waals surface area contributed by atoms with Gasteiger partial charge in [-0.15, -0.1) is 0 Å². The van der Waals surface area contributed by atoms with Gasteiger partial charge in [0.2, 0.25) is 0 Å². The van der Waals surface area contributed by atoms with Crippen molar-refractivity contribution in [2.75, 3.05) is 31.2 Å². The van der Waals surface area contributed by atoms with Crippen molar-refractivity contribution in [3.63, 3.8) is 0 Å². The first-order valence-corrected chi connectivity index (χ1v) is 6.96. The van der Waals surface area contributed by atoms with Crippen molar-refractivity contribution < 1.29 is 4.74 Å². The summed E-state index contributed by atoms with van der Waals surface area (Å²) in [6.45, 7) is 11.6. The minimum atomic E-state index is 0.338. The highest BCUT2D eigenvalue weighted by Gasteiger charge is 2.24. The van der Waals surface area contributed by atoms with Crippen LogP contribution in [0.15, 0.2) is 6.07 Å². The first-order chi connectivity index (χ1) is 9.06. The average molecular weight is 264 g/mol. The Morgan fingerprint density at radius 3 is 2.89 bits per heavy atom. The number of aryl methyl sites for hydroxylation is 2. The van der Waals surface area contributed by atoms with Crippen LogP contribution in [0.1, 0.15) is 25.4 Å². The standard InChI is InChI=1S/C14H24N4O/c1-10(2)15-8-13-9-19-6-5-18(13)14-7-11(3)16-12(4)17-14/h7,10,13,15H,5-6,8-9H2,1-4H3. The molecular weight excluding hydrogens is 240 g/mol. The molecule has 1 unspecified atom stereocenters. The first-order valence-electron chi connectivity index (χ1n) is 6.96. The summed E-state index contributed by atoms with van der Waals surface area (Å²) in [5.74, 6) is 1.85. The molecule has 5 heteroatoms. The molecule has 1 atom stereocenters. The summed E-state index contributed by atoms with van der Waals surface area (Å²) < 4.78 is 5.60. The van der Waals surface area contributed by atoms with Crippen LogP contribution < -0.4 is 10.2 Å². The maximum Gasteiger partial charge on any atom is 0.132 e. The van der Waals surface area contributed by atoms with E-state index in [1.165, 1.54) is 0 Å². The van der Waals surface area contributed by atoms with Gasteiger partial charge in [0.25, 0.3) is 0 Å². The predicted molar refractivity (Wildman–Crippen MR) is 76.6 cm³/mol. The van der Waals surface area contributed by atoms with E-state index in [9.17, 15) is 0 Å². The summed E-state index contributed by atoms with van der Waals surface area (Å²) in [4.78, 5) is 11.2. The van der Waals surface area contributed by atoms with Crippen LogP contribution in [0.25, 0.3) is 0 Å². The molecule has 2 heterocycles. The summed E-state index contributed by atoms with van der Waals surface area (Å²) >= 11 is 0. The van der Waals surface area contributed by atoms with Crippen molar-refractivity contribution in [3.05, 3.63) is 17.6 Å². The normalized spacial score (nSPS) is 20.1. The largest absolute Gasteiger partial charge is 0.377 e. The van der Waals surface area contributed by atoms with Crippen molar-refractivity contribution in [2.45, 2.75) is 39.8 Å². The van der Waals surface area contributed by atoms with Crippen LogP contribution in [0.2, 0.25) is 0 Å². The second kappa shape index (κ2) is 6.30. The molecule has 1 N–H and O–H groups in total. The summed E-state index contributed by atoms with van der Waals surface area (Å²) in [6.07, 6.45) is 0. The van der Waals surface area contributed by atoms with Gasteiger partial charge in [-0.3, -0.25) is 0 Å². The summed E-state index contributed by atoms with van der Waals surface area (Å²) in [5, 5.41) is 3.48. The number of anilines is 1. The van der Waals surface area contributed by atoms with Gasteiger partial charge in [0.05, 0.1) is 19.3 Å². The number of nitrogens with one attached hydrogen (secondary N) is 1. The van der Waals surface area contributed by atoms with Crippen molar-refractivity contribution in [3.8, 4) is 0 Å². The zero-order chi connectivity index (χ0) is 13.8. The van der Waals surface area contributed by atoms with Crippen molar-refractivity contribution in [2.24, 2.45) is 0 Å². The number of ether oxygens (including phenoxy) is 1. The Balaban J connectivity index is 2.13. The average Bonchev–Trinajstić information content (AvgIpc) is 2.35. The van der Waals surface area contributed by atoms with Gasteiger partial charge in [-0.2, -0.15) is 0 Å². The molecule has 1 saturated heterocycles. The SMILES string of the molecule is Cc1cc(N2CCOCC2CNC(C)C)nc(C)n1. The van der Waals surface area contributed by atoms with E-state index in [2.05, 4.69) is 40.1 Å². The Kier molecular flexibility index (Phi) is 4.71. The highest BCUT2D eigenvalue weighted by atomic mass is 16.5. The van der Waals surface area contributed by atoms with E-state index in [1.54, 1.807) is 0 Å². The number of hydrogen-bond donors (Lipinski definition) is 1. The Bertz CT molecular complexity index is 402. The van der Waals surface area contributed by atoms with Crippen LogP contribution in [0.3, 0.4) is 0 Å². The Hall–Kier alpha value is -1.20. The fourth-order valence-electron chi connectivity index (χ4n) is 2.34. The van der Waals surface area contributed by atoms with Gasteiger partial charge >= 0.3 is 0 Å². The minimum absolute atomic E-state index is 0.338. The molecule has 0 aliphatic carbocycles. The highest BCUT2D eigenvalue weighted by molar-refractivity contribution is 5.41. The maximum absolute atomic E-state index is 5.60. The Labute approximate surface area is 115 Å². The lowest BCUT2D eigenvalue weighted by molar-refractivity contribution is 0.0927. The number of nitrogens with zero attached hydrogens (tertiary/aromatic N) is 3. The number of morpholine rings is 1. The number of aromatic nitrogens is 2. The smallest absolute Gasteiger partial charge is 0.132 e. The fourth-order valence-corrected chi connectivity index (χ4v) is 2.34. The molecule has 0 radical (unpaired) electrons. The summed E-state index contributed by atoms with van der Waals surface area (Å²) in [5.41, 5.74) is 1.02. The highest BCUT2D eigenvalue weighted by Crippen LogP contribution is 2.18. The van der Waals surface area contributed by atoms with Gasteiger partial charge in [-0.25, -0.2) is 9.97 Å². The third-order valence-electron chi connectivity index (χ3n) is 3.24. The molecule has 0 aromatic carbocycles. The maximum atomic E-state index is 5.60. The number of rotatable bonds is 4. The van der Waals surface area contributed by atoms with Crippen LogP contribution in [0, 0.1) is 13.8 Å². The van der Waals surface area contributed by atoms with Crippen molar-refractivity contribution in [1.29, 1.82) is 0 Å². The quantitative estimate of drug-likeness (QED) is 0.888. The van der Waals surface area contributed by atoms with E-state index >= 15 is 0 Å². The third kappa shape index (κ3) is 3.88. The van der Waals surface area contributed by atoms with E-state index in [-0.39, 0.29) is 0 Å². The van der Waals surface area contributed by atoms with E-state index in [1.807, 2.05) is 13.8 Å². The molecule has 19 heavy (non-hydrogen) atoms. The molecular formula is C14H24N4O. The zero-order valence-electron chi connectivity index (χ0n) is 12.3. The molecule has 1 aromatic heterocycles. The zero-order valence-corrected chi connectivity index (χ0v) is 12.3. The van der Waals surface area contributed by atoms with Gasteiger partial charge in [0, 0.05) is 30.9 Å². The predicted octanol–water partition coefficient (Wildman–Crippen LogP) is 1.30. The van der Waals surface area contributed by atoms with E-state index in [0.29, 0.717) is 12.1 Å². The Morgan fingerprint density at radius 1 is 1.42 bits per heavy atom. The van der Waals surface area contributed by atoms with Crippen molar-refractivity contribution in [1.82, 2.24) is 15.3 Å². The lowest BCUT2D eigenvalue weighted by atomic mass is 10.2. The lowest BCUT2D eigenvalue weighted by Crippen LogP contribution is -2.51. The minimum Gasteiger partial charge on any atom is -0.377 e. The van der Waals surface area contributed by atoms with Crippen LogP contribution >= 0.6 is 0 Å². The number of hydrogen-bond acceptors (Lipinski definition) is 5. The van der Waals surface area contributed by atoms with Crippen LogP contribution in [0.5, 0.6) is 0 Å². The van der Waals surface area contributed by atoms with Gasteiger partial charge in [0.15, 0.2) is 0 Å². The third-order valence-corrected chi connectivity index (χ3v) is 3.24. The molecule has 2 rings (SSSR count). The fraction of sp³-hybridized carbons (Fsp3) is 0.714. The van der Waals surface area contributed by atoms with Crippen LogP contribution in [0.4, 0.5) is 5.82 Å². The monoisotopic (exact) mass is 264 g/mol.